The fraction of sp³-hybridized carbons (Fsp3) is 0.750. The van der Waals surface area contributed by atoms with Crippen LogP contribution < -0.4 is 16.4 Å². The lowest BCUT2D eigenvalue weighted by Gasteiger charge is -2.30. The van der Waals surface area contributed by atoms with E-state index in [1.165, 1.54) is 0 Å². The van der Waals surface area contributed by atoms with E-state index in [1.54, 1.807) is 0 Å². The Bertz CT molecular complexity index is 548. The molecule has 0 saturated heterocycles. The van der Waals surface area contributed by atoms with Gasteiger partial charge in [-0.25, -0.2) is 4.79 Å². The van der Waals surface area contributed by atoms with E-state index in [0.717, 1.165) is 20.0 Å². The number of carboxylic acid groups (broad SMARTS) is 1. The van der Waals surface area contributed by atoms with Crippen LogP contribution in [-0.4, -0.2) is 48.2 Å². The summed E-state index contributed by atoms with van der Waals surface area (Å²) in [6.07, 6.45) is -0.247. The van der Waals surface area contributed by atoms with Crippen LogP contribution in [0.1, 0.15) is 40.0 Å². The zero-order valence-electron chi connectivity index (χ0n) is 15.0. The molecule has 0 aliphatic heterocycles. The average Bonchev–Trinajstić information content (AvgIpc) is 2.78. The molecular formula is C16H27N3O6. The molecule has 1 saturated carbocycles. The molecule has 0 bridgehead atoms. The van der Waals surface area contributed by atoms with E-state index >= 15 is 0 Å². The Labute approximate surface area is 146 Å². The van der Waals surface area contributed by atoms with Crippen LogP contribution in [0.15, 0.2) is 0 Å². The molecule has 1 fully saturated rings. The third-order valence-corrected chi connectivity index (χ3v) is 4.68. The number of esters is 1. The van der Waals surface area contributed by atoms with Crippen molar-refractivity contribution < 1.29 is 29.0 Å². The maximum atomic E-state index is 12.6. The van der Waals surface area contributed by atoms with Crippen LogP contribution >= 0.6 is 0 Å². The minimum absolute atomic E-state index is 0.137. The van der Waals surface area contributed by atoms with Gasteiger partial charge in [-0.05, 0) is 24.2 Å². The zero-order valence-corrected chi connectivity index (χ0v) is 15.0. The number of amides is 2. The van der Waals surface area contributed by atoms with E-state index in [2.05, 4.69) is 15.4 Å². The number of carboxylic acids is 1. The second kappa shape index (κ2) is 8.28. The highest BCUT2D eigenvalue weighted by molar-refractivity contribution is 5.92. The lowest BCUT2D eigenvalue weighted by atomic mass is 9.78. The van der Waals surface area contributed by atoms with Crippen LogP contribution in [-0.2, 0) is 23.9 Å². The molecule has 1 rings (SSSR count). The molecule has 4 atom stereocenters. The Kier molecular flexibility index (Phi) is 6.92. The molecule has 2 amide bonds. The fourth-order valence-electron chi connectivity index (χ4n) is 3.34. The molecule has 0 radical (unpaired) electrons. The largest absolute Gasteiger partial charge is 0.481 e. The molecule has 9 heteroatoms. The number of hydrogen-bond donors (Lipinski definition) is 4. The molecule has 0 aromatic heterocycles. The molecule has 0 spiro atoms. The number of methoxy groups -OCH3 is 1. The van der Waals surface area contributed by atoms with Crippen LogP contribution in [0.4, 0.5) is 0 Å². The Morgan fingerprint density at radius 2 is 1.88 bits per heavy atom. The predicted octanol–water partition coefficient (Wildman–Crippen LogP) is -0.408. The molecule has 1 aliphatic rings. The lowest BCUT2D eigenvalue weighted by Crippen LogP contribution is -2.58. The standard InChI is InChI=1S/C16H27N3O6/c1-8-5-6-16(2,3)11(8)14(23)19-12(15(24)25-4)18-13(22)9(17)7-10(20)21/h8-9,11-12H,5-7,17H2,1-4H3,(H,18,22)(H,19,23)(H,20,21)/t8?,9-,11?,12?/m0/s1. The molecule has 0 aromatic rings. The van der Waals surface area contributed by atoms with Gasteiger partial charge in [-0.2, -0.15) is 0 Å². The van der Waals surface area contributed by atoms with Gasteiger partial charge in [0.15, 0.2) is 0 Å². The lowest BCUT2D eigenvalue weighted by molar-refractivity contribution is -0.149. The fourth-order valence-corrected chi connectivity index (χ4v) is 3.34. The number of ether oxygens (including phenoxy) is 1. The van der Waals surface area contributed by atoms with Crippen LogP contribution in [0.5, 0.6) is 0 Å². The second-order valence-corrected chi connectivity index (χ2v) is 7.16. The van der Waals surface area contributed by atoms with Crippen molar-refractivity contribution in [3.05, 3.63) is 0 Å². The third kappa shape index (κ3) is 5.42. The first-order valence-electron chi connectivity index (χ1n) is 8.15. The van der Waals surface area contributed by atoms with Crippen molar-refractivity contribution in [2.24, 2.45) is 23.0 Å². The Hall–Kier alpha value is -2.16. The molecule has 142 valence electrons. The monoisotopic (exact) mass is 357 g/mol. The number of rotatable bonds is 7. The van der Waals surface area contributed by atoms with Gasteiger partial charge in [0.1, 0.15) is 0 Å². The summed E-state index contributed by atoms with van der Waals surface area (Å²) in [4.78, 5) is 47.1. The molecule has 0 heterocycles. The molecule has 5 N–H and O–H groups in total. The van der Waals surface area contributed by atoms with Crippen molar-refractivity contribution >= 4 is 23.8 Å². The average molecular weight is 357 g/mol. The summed E-state index contributed by atoms with van der Waals surface area (Å²) in [6.45, 7) is 5.93. The molecule has 3 unspecified atom stereocenters. The van der Waals surface area contributed by atoms with E-state index in [1.807, 2.05) is 20.8 Å². The summed E-state index contributed by atoms with van der Waals surface area (Å²) in [5.41, 5.74) is 5.24. The molecule has 25 heavy (non-hydrogen) atoms. The normalized spacial score (nSPS) is 24.0. The summed E-state index contributed by atoms with van der Waals surface area (Å²) in [5, 5.41) is 13.4. The minimum atomic E-state index is -1.42. The highest BCUT2D eigenvalue weighted by Crippen LogP contribution is 2.46. The highest BCUT2D eigenvalue weighted by Gasteiger charge is 2.45. The first kappa shape index (κ1) is 20.9. The van der Waals surface area contributed by atoms with Crippen LogP contribution in [0.3, 0.4) is 0 Å². The topological polar surface area (TPSA) is 148 Å². The molecule has 0 aromatic carbocycles. The minimum Gasteiger partial charge on any atom is -0.481 e. The Morgan fingerprint density at radius 3 is 2.32 bits per heavy atom. The van der Waals surface area contributed by atoms with E-state index in [0.29, 0.717) is 0 Å². The molecular weight excluding hydrogens is 330 g/mol. The maximum Gasteiger partial charge on any atom is 0.349 e. The Morgan fingerprint density at radius 1 is 1.28 bits per heavy atom. The number of nitrogens with two attached hydrogens (primary N) is 1. The third-order valence-electron chi connectivity index (χ3n) is 4.68. The van der Waals surface area contributed by atoms with Gasteiger partial charge in [-0.1, -0.05) is 20.8 Å². The van der Waals surface area contributed by atoms with E-state index < -0.39 is 36.5 Å². The molecule has 1 aliphatic carbocycles. The molecule has 9 nitrogen and oxygen atoms in total. The Balaban J connectivity index is 2.83. The summed E-state index contributed by atoms with van der Waals surface area (Å²) in [5.74, 6) is -3.52. The van der Waals surface area contributed by atoms with E-state index in [9.17, 15) is 19.2 Å². The number of hydrogen-bond acceptors (Lipinski definition) is 6. The smallest absolute Gasteiger partial charge is 0.349 e. The van der Waals surface area contributed by atoms with Gasteiger partial charge in [-0.15, -0.1) is 0 Å². The number of aliphatic carboxylic acids is 1. The van der Waals surface area contributed by atoms with Crippen molar-refractivity contribution in [2.75, 3.05) is 7.11 Å². The second-order valence-electron chi connectivity index (χ2n) is 7.16. The SMILES string of the molecule is COC(=O)C(NC(=O)C1C(C)CCC1(C)C)NC(=O)[C@@H](N)CC(=O)O. The first-order chi connectivity index (χ1) is 11.5. The summed E-state index contributed by atoms with van der Waals surface area (Å²) in [7, 11) is 1.12. The van der Waals surface area contributed by atoms with Gasteiger partial charge in [0.25, 0.3) is 0 Å². The van der Waals surface area contributed by atoms with Gasteiger partial charge in [0.05, 0.1) is 19.6 Å². The van der Waals surface area contributed by atoms with Gasteiger partial charge in [0, 0.05) is 5.92 Å². The van der Waals surface area contributed by atoms with Crippen molar-refractivity contribution in [3.63, 3.8) is 0 Å². The van der Waals surface area contributed by atoms with Crippen LogP contribution in [0, 0.1) is 17.3 Å². The maximum absolute atomic E-state index is 12.6. The highest BCUT2D eigenvalue weighted by atomic mass is 16.5. The van der Waals surface area contributed by atoms with Gasteiger partial charge >= 0.3 is 11.9 Å². The van der Waals surface area contributed by atoms with E-state index in [-0.39, 0.29) is 23.2 Å². The van der Waals surface area contributed by atoms with Gasteiger partial charge < -0.3 is 26.2 Å². The van der Waals surface area contributed by atoms with Crippen molar-refractivity contribution in [3.8, 4) is 0 Å². The van der Waals surface area contributed by atoms with Crippen LogP contribution in [0.25, 0.3) is 0 Å². The van der Waals surface area contributed by atoms with Crippen LogP contribution in [0.2, 0.25) is 0 Å². The summed E-state index contributed by atoms with van der Waals surface area (Å²) >= 11 is 0. The zero-order chi connectivity index (χ0) is 19.4. The summed E-state index contributed by atoms with van der Waals surface area (Å²) in [6, 6.07) is -1.34. The summed E-state index contributed by atoms with van der Waals surface area (Å²) < 4.78 is 4.59. The van der Waals surface area contributed by atoms with Gasteiger partial charge in [-0.3, -0.25) is 14.4 Å². The number of carbonyl (C=O) groups is 4. The number of nitrogens with one attached hydrogen (secondary N) is 2. The predicted molar refractivity (Wildman–Crippen MR) is 88.0 cm³/mol. The van der Waals surface area contributed by atoms with Crippen molar-refractivity contribution in [1.82, 2.24) is 10.6 Å². The number of carbonyl (C=O) groups excluding carboxylic acids is 3. The first-order valence-corrected chi connectivity index (χ1v) is 8.15. The van der Waals surface area contributed by atoms with E-state index in [4.69, 9.17) is 10.8 Å². The van der Waals surface area contributed by atoms with Gasteiger partial charge in [0.2, 0.25) is 18.0 Å². The quantitative estimate of drug-likeness (QED) is 0.357. The van der Waals surface area contributed by atoms with Crippen molar-refractivity contribution in [1.29, 1.82) is 0 Å². The van der Waals surface area contributed by atoms with Crippen molar-refractivity contribution in [2.45, 2.75) is 52.2 Å².